The van der Waals surface area contributed by atoms with Crippen LogP contribution in [0.5, 0.6) is 0 Å². The highest BCUT2D eigenvalue weighted by Gasteiger charge is 2.46. The molecule has 122 valence electrons. The molecule has 1 aliphatic heterocycles. The average molecular weight is 344 g/mol. The van der Waals surface area contributed by atoms with Crippen molar-refractivity contribution in [3.05, 3.63) is 51.5 Å². The molecule has 2 rings (SSSR count). The minimum atomic E-state index is -4.97. The number of ketones is 1. The molecule has 0 bridgehead atoms. The van der Waals surface area contributed by atoms with Gasteiger partial charge in [0.25, 0.3) is 0 Å². The van der Waals surface area contributed by atoms with Crippen molar-refractivity contribution in [2.24, 2.45) is 0 Å². The molecule has 0 amide bonds. The molecule has 0 aromatic heterocycles. The number of hydrogen-bond acceptors (Lipinski definition) is 5. The Balaban J connectivity index is 2.54. The zero-order valence-electron chi connectivity index (χ0n) is 12.1. The van der Waals surface area contributed by atoms with E-state index in [1.807, 2.05) is 0 Å². The summed E-state index contributed by atoms with van der Waals surface area (Å²) in [7, 11) is 0.839. The third kappa shape index (κ3) is 3.58. The fourth-order valence-corrected chi connectivity index (χ4v) is 2.84. The second-order valence-corrected chi connectivity index (χ2v) is 5.42. The second kappa shape index (κ2) is 6.49. The van der Waals surface area contributed by atoms with E-state index in [9.17, 15) is 22.8 Å². The maximum absolute atomic E-state index is 13.1. The number of allylic oxidation sites excluding steroid dienone is 1. The van der Waals surface area contributed by atoms with Gasteiger partial charge in [0.1, 0.15) is 4.91 Å². The van der Waals surface area contributed by atoms with Gasteiger partial charge in [-0.3, -0.25) is 4.79 Å². The molecule has 0 aliphatic carbocycles. The van der Waals surface area contributed by atoms with Gasteiger partial charge in [-0.05, 0) is 18.7 Å². The highest BCUT2D eigenvalue weighted by molar-refractivity contribution is 8.07. The van der Waals surface area contributed by atoms with E-state index in [2.05, 4.69) is 4.74 Å². The predicted molar refractivity (Wildman–Crippen MR) is 77.8 cm³/mol. The zero-order chi connectivity index (χ0) is 17.2. The van der Waals surface area contributed by atoms with Crippen LogP contribution >= 0.6 is 11.8 Å². The van der Waals surface area contributed by atoms with Gasteiger partial charge in [0, 0.05) is 5.56 Å². The Morgan fingerprint density at radius 2 is 1.78 bits per heavy atom. The molecule has 0 N–H and O–H groups in total. The van der Waals surface area contributed by atoms with E-state index < -0.39 is 28.6 Å². The largest absolute Gasteiger partial charge is 0.465 e. The summed E-state index contributed by atoms with van der Waals surface area (Å²) in [6.07, 6.45) is -4.97. The second-order valence-electron chi connectivity index (χ2n) is 4.44. The van der Waals surface area contributed by atoms with Crippen LogP contribution in [-0.4, -0.2) is 25.0 Å². The van der Waals surface area contributed by atoms with Gasteiger partial charge in [0.2, 0.25) is 0 Å². The lowest BCUT2D eigenvalue weighted by molar-refractivity contribution is -0.148. The number of halogens is 3. The summed E-state index contributed by atoms with van der Waals surface area (Å²) >= 11 is 0.467. The van der Waals surface area contributed by atoms with Crippen LogP contribution in [0, 0.1) is 0 Å². The van der Waals surface area contributed by atoms with Crippen molar-refractivity contribution in [1.82, 2.24) is 0 Å². The Morgan fingerprint density at radius 3 is 2.26 bits per heavy atom. The molecule has 4 nitrogen and oxygen atoms in total. The van der Waals surface area contributed by atoms with Crippen LogP contribution in [0.3, 0.4) is 0 Å². The zero-order valence-corrected chi connectivity index (χ0v) is 12.9. The lowest BCUT2D eigenvalue weighted by Gasteiger charge is -2.12. The highest BCUT2D eigenvalue weighted by atomic mass is 32.2. The van der Waals surface area contributed by atoms with Gasteiger partial charge in [-0.15, -0.1) is 0 Å². The van der Waals surface area contributed by atoms with Crippen LogP contribution in [0.2, 0.25) is 0 Å². The Hall–Kier alpha value is -2.22. The molecule has 0 fully saturated rings. The topological polar surface area (TPSA) is 52.6 Å². The smallest absolute Gasteiger partial charge is 0.427 e. The molecule has 1 aromatic carbocycles. The lowest BCUT2D eigenvalue weighted by atomic mass is 10.1. The molecule has 0 unspecified atom stereocenters. The Morgan fingerprint density at radius 1 is 1.17 bits per heavy atom. The number of Topliss-reactive ketones (excluding diaryl/α,β-unsaturated/α-hetero) is 1. The van der Waals surface area contributed by atoms with Gasteiger partial charge in [-0.2, -0.15) is 13.2 Å². The SMILES string of the molecule is COC(=O)/C(=C1/OC(c2ccccc2)=C(C(C)=O)S1)C(F)(F)F. The van der Waals surface area contributed by atoms with Gasteiger partial charge in [-0.1, -0.05) is 30.3 Å². The highest BCUT2D eigenvalue weighted by Crippen LogP contribution is 2.47. The first-order chi connectivity index (χ1) is 10.8. The number of carbonyl (C=O) groups is 2. The number of esters is 1. The number of methoxy groups -OCH3 is 1. The van der Waals surface area contributed by atoms with Gasteiger partial charge in [0.05, 0.1) is 7.11 Å². The molecule has 1 aliphatic rings. The van der Waals surface area contributed by atoms with Crippen LogP contribution < -0.4 is 0 Å². The first-order valence-electron chi connectivity index (χ1n) is 6.31. The minimum absolute atomic E-state index is 0.00291. The van der Waals surface area contributed by atoms with Crippen LogP contribution in [0.25, 0.3) is 5.76 Å². The number of alkyl halides is 3. The fourth-order valence-electron chi connectivity index (χ4n) is 1.83. The summed E-state index contributed by atoms with van der Waals surface area (Å²) < 4.78 is 48.7. The van der Waals surface area contributed by atoms with E-state index in [4.69, 9.17) is 4.74 Å². The predicted octanol–water partition coefficient (Wildman–Crippen LogP) is 3.65. The quantitative estimate of drug-likeness (QED) is 0.619. The van der Waals surface area contributed by atoms with Crippen LogP contribution in [0.1, 0.15) is 12.5 Å². The molecular weight excluding hydrogens is 333 g/mol. The first kappa shape index (κ1) is 17.1. The summed E-state index contributed by atoms with van der Waals surface area (Å²) in [5, 5.41) is -0.714. The summed E-state index contributed by atoms with van der Waals surface area (Å²) in [5.74, 6) is -2.05. The van der Waals surface area contributed by atoms with Crippen molar-refractivity contribution in [3.63, 3.8) is 0 Å². The van der Waals surface area contributed by atoms with Crippen molar-refractivity contribution >= 4 is 29.3 Å². The molecule has 23 heavy (non-hydrogen) atoms. The van der Waals surface area contributed by atoms with Crippen molar-refractivity contribution < 1.29 is 32.2 Å². The summed E-state index contributed by atoms with van der Waals surface area (Å²) in [5.41, 5.74) is -1.14. The van der Waals surface area contributed by atoms with E-state index in [1.54, 1.807) is 30.3 Å². The van der Waals surface area contributed by atoms with E-state index in [0.29, 0.717) is 17.3 Å². The summed E-state index contributed by atoms with van der Waals surface area (Å²) in [6, 6.07) is 8.20. The molecule has 0 spiro atoms. The fraction of sp³-hybridized carbons (Fsp3) is 0.200. The number of benzene rings is 1. The Labute approximate surface area is 134 Å². The standard InChI is InChI=1S/C15H11F3O4S/c1-8(19)12-11(9-6-4-3-5-7-9)22-14(23-12)10(13(20)21-2)15(16,17)18/h3-7H,1-2H3/b14-10+. The summed E-state index contributed by atoms with van der Waals surface area (Å²) in [6.45, 7) is 1.21. The van der Waals surface area contributed by atoms with Crippen LogP contribution in [0.4, 0.5) is 13.2 Å². The van der Waals surface area contributed by atoms with Crippen molar-refractivity contribution in [2.45, 2.75) is 13.1 Å². The molecule has 0 saturated heterocycles. The lowest BCUT2D eigenvalue weighted by Crippen LogP contribution is -2.23. The van der Waals surface area contributed by atoms with Gasteiger partial charge < -0.3 is 9.47 Å². The number of carbonyl (C=O) groups excluding carboxylic acids is 2. The Bertz CT molecular complexity index is 705. The van der Waals surface area contributed by atoms with E-state index in [0.717, 1.165) is 7.11 Å². The van der Waals surface area contributed by atoms with Crippen LogP contribution in [-0.2, 0) is 19.1 Å². The number of thioether (sulfide) groups is 1. The van der Waals surface area contributed by atoms with Crippen molar-refractivity contribution in [1.29, 1.82) is 0 Å². The monoisotopic (exact) mass is 344 g/mol. The first-order valence-corrected chi connectivity index (χ1v) is 7.13. The van der Waals surface area contributed by atoms with E-state index in [-0.39, 0.29) is 10.7 Å². The molecule has 1 heterocycles. The van der Waals surface area contributed by atoms with Gasteiger partial charge >= 0.3 is 12.1 Å². The summed E-state index contributed by atoms with van der Waals surface area (Å²) in [4.78, 5) is 23.2. The van der Waals surface area contributed by atoms with Gasteiger partial charge in [0.15, 0.2) is 22.2 Å². The van der Waals surface area contributed by atoms with Crippen LogP contribution in [0.15, 0.2) is 45.9 Å². The third-order valence-electron chi connectivity index (χ3n) is 2.83. The number of ether oxygens (including phenoxy) is 2. The molecular formula is C15H11F3O4S. The van der Waals surface area contributed by atoms with Crippen molar-refractivity contribution in [2.75, 3.05) is 7.11 Å². The van der Waals surface area contributed by atoms with E-state index in [1.165, 1.54) is 6.92 Å². The molecule has 0 saturated carbocycles. The minimum Gasteiger partial charge on any atom is -0.465 e. The molecule has 1 aromatic rings. The molecule has 0 atom stereocenters. The normalized spacial score (nSPS) is 16.9. The molecule has 0 radical (unpaired) electrons. The molecule has 8 heteroatoms. The number of rotatable bonds is 3. The average Bonchev–Trinajstić information content (AvgIpc) is 2.91. The maximum Gasteiger partial charge on any atom is 0.427 e. The maximum atomic E-state index is 13.1. The Kier molecular flexibility index (Phi) is 4.84. The third-order valence-corrected chi connectivity index (χ3v) is 3.98. The van der Waals surface area contributed by atoms with Gasteiger partial charge in [-0.25, -0.2) is 4.79 Å². The van der Waals surface area contributed by atoms with E-state index >= 15 is 0 Å². The van der Waals surface area contributed by atoms with Crippen molar-refractivity contribution in [3.8, 4) is 0 Å². The number of hydrogen-bond donors (Lipinski definition) is 0.